The van der Waals surface area contributed by atoms with Crippen molar-refractivity contribution in [3.63, 3.8) is 0 Å². The molecule has 1 amide bonds. The summed E-state index contributed by atoms with van der Waals surface area (Å²) in [6.45, 7) is 6.20. The third-order valence-corrected chi connectivity index (χ3v) is 4.16. The van der Waals surface area contributed by atoms with Crippen LogP contribution in [0.2, 0.25) is 0 Å². The topological polar surface area (TPSA) is 32.3 Å². The molecular formula is C17H24N2O. The Bertz CT molecular complexity index is 461. The Kier molecular flexibility index (Phi) is 4.83. The second-order valence-electron chi connectivity index (χ2n) is 5.77. The number of carbonyl (C=O) groups excluding carboxylic acids is 1. The predicted octanol–water partition coefficient (Wildman–Crippen LogP) is 3.33. The SMILES string of the molecule is C=C(C(=O)NC1CCC(C)CC1)N(C)c1ccccc1. The van der Waals surface area contributed by atoms with Gasteiger partial charge in [0.25, 0.3) is 5.91 Å². The van der Waals surface area contributed by atoms with Gasteiger partial charge in [0, 0.05) is 18.8 Å². The molecule has 20 heavy (non-hydrogen) atoms. The monoisotopic (exact) mass is 272 g/mol. The van der Waals surface area contributed by atoms with Crippen molar-refractivity contribution in [2.75, 3.05) is 11.9 Å². The molecule has 0 unspecified atom stereocenters. The van der Waals surface area contributed by atoms with Crippen LogP contribution in [0.15, 0.2) is 42.6 Å². The molecule has 0 atom stereocenters. The van der Waals surface area contributed by atoms with Crippen molar-refractivity contribution in [2.45, 2.75) is 38.6 Å². The van der Waals surface area contributed by atoms with Crippen LogP contribution in [-0.4, -0.2) is 19.0 Å². The molecule has 3 nitrogen and oxygen atoms in total. The van der Waals surface area contributed by atoms with E-state index in [1.165, 1.54) is 12.8 Å². The van der Waals surface area contributed by atoms with Gasteiger partial charge in [-0.25, -0.2) is 0 Å². The minimum Gasteiger partial charge on any atom is -0.348 e. The van der Waals surface area contributed by atoms with Gasteiger partial charge in [0.15, 0.2) is 0 Å². The smallest absolute Gasteiger partial charge is 0.267 e. The van der Waals surface area contributed by atoms with Gasteiger partial charge in [-0.05, 0) is 43.7 Å². The first-order valence-corrected chi connectivity index (χ1v) is 7.36. The van der Waals surface area contributed by atoms with Crippen LogP contribution >= 0.6 is 0 Å². The highest BCUT2D eigenvalue weighted by Gasteiger charge is 2.21. The Hall–Kier alpha value is -1.77. The largest absolute Gasteiger partial charge is 0.348 e. The van der Waals surface area contributed by atoms with Crippen LogP contribution in [0.4, 0.5) is 5.69 Å². The van der Waals surface area contributed by atoms with Crippen LogP contribution in [0.5, 0.6) is 0 Å². The third-order valence-electron chi connectivity index (χ3n) is 4.16. The summed E-state index contributed by atoms with van der Waals surface area (Å²) in [5.74, 6) is 0.731. The maximum atomic E-state index is 12.3. The Labute approximate surface area is 121 Å². The molecule has 0 aliphatic heterocycles. The normalized spacial score (nSPS) is 22.1. The Morgan fingerprint density at radius 1 is 1.20 bits per heavy atom. The lowest BCUT2D eigenvalue weighted by Crippen LogP contribution is -2.40. The van der Waals surface area contributed by atoms with E-state index in [1.807, 2.05) is 42.3 Å². The summed E-state index contributed by atoms with van der Waals surface area (Å²) in [6, 6.07) is 10.1. The summed E-state index contributed by atoms with van der Waals surface area (Å²) >= 11 is 0. The molecule has 1 aliphatic rings. The lowest BCUT2D eigenvalue weighted by Gasteiger charge is -2.28. The number of hydrogen-bond acceptors (Lipinski definition) is 2. The highest BCUT2D eigenvalue weighted by Crippen LogP contribution is 2.24. The molecule has 1 fully saturated rings. The maximum Gasteiger partial charge on any atom is 0.267 e. The number of anilines is 1. The molecule has 1 aromatic carbocycles. The molecular weight excluding hydrogens is 248 g/mol. The van der Waals surface area contributed by atoms with E-state index in [1.54, 1.807) is 0 Å². The van der Waals surface area contributed by atoms with Crippen LogP contribution in [-0.2, 0) is 4.79 Å². The molecule has 0 aromatic heterocycles. The molecule has 0 radical (unpaired) electrons. The van der Waals surface area contributed by atoms with E-state index in [-0.39, 0.29) is 5.91 Å². The van der Waals surface area contributed by atoms with Gasteiger partial charge in [-0.1, -0.05) is 31.7 Å². The van der Waals surface area contributed by atoms with Crippen LogP contribution in [0.3, 0.4) is 0 Å². The first kappa shape index (κ1) is 14.6. The lowest BCUT2D eigenvalue weighted by atomic mass is 9.87. The molecule has 0 spiro atoms. The third kappa shape index (κ3) is 3.62. The van der Waals surface area contributed by atoms with Crippen molar-refractivity contribution >= 4 is 11.6 Å². The number of amides is 1. The quantitative estimate of drug-likeness (QED) is 0.853. The highest BCUT2D eigenvalue weighted by atomic mass is 16.2. The summed E-state index contributed by atoms with van der Waals surface area (Å²) in [6.07, 6.45) is 4.56. The number of benzene rings is 1. The van der Waals surface area contributed by atoms with Crippen LogP contribution in [0, 0.1) is 5.92 Å². The van der Waals surface area contributed by atoms with Crippen molar-refractivity contribution in [3.05, 3.63) is 42.6 Å². The molecule has 1 N–H and O–H groups in total. The van der Waals surface area contributed by atoms with Crippen molar-refractivity contribution in [2.24, 2.45) is 5.92 Å². The number of nitrogens with one attached hydrogen (secondary N) is 1. The van der Waals surface area contributed by atoms with Gasteiger partial charge in [0.2, 0.25) is 0 Å². The molecule has 0 saturated heterocycles. The average molecular weight is 272 g/mol. The average Bonchev–Trinajstić information content (AvgIpc) is 2.49. The fourth-order valence-electron chi connectivity index (χ4n) is 2.63. The van der Waals surface area contributed by atoms with Crippen LogP contribution in [0.25, 0.3) is 0 Å². The van der Waals surface area contributed by atoms with E-state index < -0.39 is 0 Å². The summed E-state index contributed by atoms with van der Waals surface area (Å²) in [7, 11) is 1.88. The number of rotatable bonds is 4. The Morgan fingerprint density at radius 3 is 2.40 bits per heavy atom. The molecule has 2 rings (SSSR count). The van der Waals surface area contributed by atoms with Gasteiger partial charge in [0.05, 0.1) is 5.70 Å². The fraction of sp³-hybridized carbons (Fsp3) is 0.471. The van der Waals surface area contributed by atoms with Crippen molar-refractivity contribution in [3.8, 4) is 0 Å². The van der Waals surface area contributed by atoms with Crippen molar-refractivity contribution < 1.29 is 4.79 Å². The van der Waals surface area contributed by atoms with E-state index in [0.29, 0.717) is 11.7 Å². The summed E-state index contributed by atoms with van der Waals surface area (Å²) < 4.78 is 0. The summed E-state index contributed by atoms with van der Waals surface area (Å²) in [5.41, 5.74) is 1.47. The summed E-state index contributed by atoms with van der Waals surface area (Å²) in [5, 5.41) is 3.11. The molecule has 1 aromatic rings. The second kappa shape index (κ2) is 6.60. The molecule has 108 valence electrons. The molecule has 1 saturated carbocycles. The zero-order chi connectivity index (χ0) is 14.5. The van der Waals surface area contributed by atoms with Gasteiger partial charge in [0.1, 0.15) is 0 Å². The van der Waals surface area contributed by atoms with Gasteiger partial charge < -0.3 is 10.2 Å². The molecule has 3 heteroatoms. The molecule has 1 aliphatic carbocycles. The minimum absolute atomic E-state index is 0.0593. The zero-order valence-corrected chi connectivity index (χ0v) is 12.4. The van der Waals surface area contributed by atoms with Crippen LogP contribution in [0.1, 0.15) is 32.6 Å². The number of hydrogen-bond donors (Lipinski definition) is 1. The maximum absolute atomic E-state index is 12.3. The van der Waals surface area contributed by atoms with Gasteiger partial charge in [-0.2, -0.15) is 0 Å². The van der Waals surface area contributed by atoms with E-state index in [9.17, 15) is 4.79 Å². The van der Waals surface area contributed by atoms with E-state index in [2.05, 4.69) is 18.8 Å². The van der Waals surface area contributed by atoms with Crippen LogP contribution < -0.4 is 10.2 Å². The van der Waals surface area contributed by atoms with Gasteiger partial charge >= 0.3 is 0 Å². The molecule has 0 heterocycles. The van der Waals surface area contributed by atoms with Gasteiger partial charge in [-0.3, -0.25) is 4.79 Å². The van der Waals surface area contributed by atoms with E-state index in [4.69, 9.17) is 0 Å². The predicted molar refractivity (Wildman–Crippen MR) is 83.5 cm³/mol. The van der Waals surface area contributed by atoms with E-state index >= 15 is 0 Å². The lowest BCUT2D eigenvalue weighted by molar-refractivity contribution is -0.118. The second-order valence-corrected chi connectivity index (χ2v) is 5.77. The standard InChI is InChI=1S/C17H24N2O/c1-13-9-11-15(12-10-13)18-17(20)14(2)19(3)16-7-5-4-6-8-16/h4-8,13,15H,2,9-12H2,1,3H3,(H,18,20). The van der Waals surface area contributed by atoms with Gasteiger partial charge in [-0.15, -0.1) is 0 Å². The number of para-hydroxylation sites is 1. The highest BCUT2D eigenvalue weighted by molar-refractivity contribution is 5.96. The van der Waals surface area contributed by atoms with E-state index in [0.717, 1.165) is 24.4 Å². The summed E-state index contributed by atoms with van der Waals surface area (Å²) in [4.78, 5) is 14.1. The zero-order valence-electron chi connectivity index (χ0n) is 12.4. The number of carbonyl (C=O) groups is 1. The Morgan fingerprint density at radius 2 is 1.80 bits per heavy atom. The first-order chi connectivity index (χ1) is 9.58. The number of nitrogens with zero attached hydrogens (tertiary/aromatic N) is 1. The molecule has 0 bridgehead atoms. The van der Waals surface area contributed by atoms with Crippen molar-refractivity contribution in [1.82, 2.24) is 5.32 Å². The minimum atomic E-state index is -0.0593. The first-order valence-electron chi connectivity index (χ1n) is 7.36. The van der Waals surface area contributed by atoms with Crippen molar-refractivity contribution in [1.29, 1.82) is 0 Å². The fourth-order valence-corrected chi connectivity index (χ4v) is 2.63. The Balaban J connectivity index is 1.90. The number of likely N-dealkylation sites (N-methyl/N-ethyl adjacent to an activating group) is 1.